The summed E-state index contributed by atoms with van der Waals surface area (Å²) in [6.07, 6.45) is 3.31. The predicted octanol–water partition coefficient (Wildman–Crippen LogP) is 8.53. The van der Waals surface area contributed by atoms with E-state index in [1.807, 2.05) is 42.7 Å². The maximum Gasteiger partial charge on any atom is 0.261 e. The predicted molar refractivity (Wildman–Crippen MR) is 158 cm³/mol. The molecule has 40 heavy (non-hydrogen) atoms. The number of carbonyl (C=O) groups excluding carboxylic acids is 1. The van der Waals surface area contributed by atoms with Crippen LogP contribution in [-0.4, -0.2) is 22.4 Å². The Hall–Kier alpha value is -2.68. The monoisotopic (exact) mass is 614 g/mol. The molecule has 1 amide bonds. The largest absolute Gasteiger partial charge is 0.461 e. The molecule has 3 aromatic carbocycles. The Bertz CT molecular complexity index is 1550. The molecule has 10 heteroatoms. The Labute approximate surface area is 251 Å². The lowest BCUT2D eigenvalue weighted by Gasteiger charge is -2.16. The van der Waals surface area contributed by atoms with Crippen LogP contribution in [0, 0.1) is 0 Å². The van der Waals surface area contributed by atoms with Crippen LogP contribution in [0.15, 0.2) is 65.2 Å². The molecule has 6 rings (SSSR count). The lowest BCUT2D eigenvalue weighted by Crippen LogP contribution is -2.14. The first kappa shape index (κ1) is 27.5. The van der Waals surface area contributed by atoms with Gasteiger partial charge >= 0.3 is 0 Å². The molecule has 0 bridgehead atoms. The van der Waals surface area contributed by atoms with Gasteiger partial charge < -0.3 is 14.4 Å². The summed E-state index contributed by atoms with van der Waals surface area (Å²) in [4.78, 5) is 12.0. The molecule has 2 aliphatic carbocycles. The maximum absolute atomic E-state index is 12.0. The second-order valence-electron chi connectivity index (χ2n) is 10.0. The Kier molecular flexibility index (Phi) is 7.77. The van der Waals surface area contributed by atoms with E-state index in [0.29, 0.717) is 54.9 Å². The molecule has 206 valence electrons. The fraction of sp³-hybridized carbons (Fsp3) is 0.267. The number of amides is 1. The van der Waals surface area contributed by atoms with Crippen LogP contribution in [0.2, 0.25) is 15.1 Å². The molecular formula is C30H25Cl3N2O4S. The summed E-state index contributed by atoms with van der Waals surface area (Å²) in [7, 11) is 0. The molecule has 2 N–H and O–H groups in total. The van der Waals surface area contributed by atoms with Crippen LogP contribution in [0.3, 0.4) is 0 Å². The number of ether oxygens (including phenoxy) is 1. The van der Waals surface area contributed by atoms with E-state index in [-0.39, 0.29) is 17.7 Å². The normalized spacial score (nSPS) is 18.8. The van der Waals surface area contributed by atoms with Crippen molar-refractivity contribution in [1.29, 1.82) is 0 Å². The van der Waals surface area contributed by atoms with Crippen molar-refractivity contribution in [1.82, 2.24) is 9.88 Å². The molecule has 1 heterocycles. The average molecular weight is 616 g/mol. The molecule has 0 aliphatic heterocycles. The van der Waals surface area contributed by atoms with Gasteiger partial charge in [0.2, 0.25) is 6.29 Å². The Morgan fingerprint density at radius 3 is 2.42 bits per heavy atom. The first-order chi connectivity index (χ1) is 19.4. The van der Waals surface area contributed by atoms with Gasteiger partial charge in [0, 0.05) is 28.3 Å². The molecule has 3 atom stereocenters. The van der Waals surface area contributed by atoms with Crippen molar-refractivity contribution < 1.29 is 19.2 Å². The van der Waals surface area contributed by atoms with E-state index in [9.17, 15) is 9.90 Å². The van der Waals surface area contributed by atoms with Crippen molar-refractivity contribution in [2.75, 3.05) is 6.26 Å². The summed E-state index contributed by atoms with van der Waals surface area (Å²) in [6, 6.07) is 18.3. The molecule has 0 radical (unpaired) electrons. The van der Waals surface area contributed by atoms with Gasteiger partial charge in [-0.05, 0) is 78.6 Å². The maximum atomic E-state index is 12.0. The van der Waals surface area contributed by atoms with E-state index in [1.165, 1.54) is 17.5 Å². The van der Waals surface area contributed by atoms with Gasteiger partial charge in [0.25, 0.3) is 5.91 Å². The van der Waals surface area contributed by atoms with Gasteiger partial charge in [0.05, 0.1) is 15.6 Å². The molecule has 1 aromatic heterocycles. The van der Waals surface area contributed by atoms with Crippen LogP contribution in [0.4, 0.5) is 0 Å². The summed E-state index contributed by atoms with van der Waals surface area (Å²) in [5.74, 6) is 1.66. The molecule has 6 nitrogen and oxygen atoms in total. The van der Waals surface area contributed by atoms with Crippen molar-refractivity contribution in [3.8, 4) is 17.0 Å². The summed E-state index contributed by atoms with van der Waals surface area (Å²) < 4.78 is 14.4. The lowest BCUT2D eigenvalue weighted by molar-refractivity contribution is -0.0203. The SMILES string of the molecule is CSNC(=O)c1ccc(C2CC2c2ccc(OC(O)c3c(-c4c(Cl)cccc4Cl)noc3C3CC3)cc2Cl)cc1. The van der Waals surface area contributed by atoms with E-state index >= 15 is 0 Å². The third-order valence-corrected chi connectivity index (χ3v) is 8.70. The van der Waals surface area contributed by atoms with Gasteiger partial charge in [-0.25, -0.2) is 0 Å². The van der Waals surface area contributed by atoms with Crippen molar-refractivity contribution in [2.45, 2.75) is 43.3 Å². The number of rotatable bonds is 9. The zero-order chi connectivity index (χ0) is 28.0. The van der Waals surface area contributed by atoms with Crippen LogP contribution in [0.5, 0.6) is 5.75 Å². The van der Waals surface area contributed by atoms with Crippen molar-refractivity contribution >= 4 is 52.7 Å². The van der Waals surface area contributed by atoms with Gasteiger partial charge in [-0.15, -0.1) is 0 Å². The van der Waals surface area contributed by atoms with Crippen LogP contribution in [0.25, 0.3) is 11.3 Å². The van der Waals surface area contributed by atoms with Gasteiger partial charge in [-0.3, -0.25) is 9.52 Å². The van der Waals surface area contributed by atoms with E-state index < -0.39 is 6.29 Å². The second kappa shape index (κ2) is 11.3. The fourth-order valence-corrected chi connectivity index (χ4v) is 6.29. The first-order valence-electron chi connectivity index (χ1n) is 12.9. The molecule has 0 saturated heterocycles. The average Bonchev–Trinajstić information content (AvgIpc) is 3.87. The number of aliphatic hydroxyl groups is 1. The number of benzene rings is 3. The van der Waals surface area contributed by atoms with E-state index in [0.717, 1.165) is 24.8 Å². The zero-order valence-electron chi connectivity index (χ0n) is 21.4. The second-order valence-corrected chi connectivity index (χ2v) is 11.9. The third-order valence-electron chi connectivity index (χ3n) is 7.36. The highest BCUT2D eigenvalue weighted by atomic mass is 35.5. The van der Waals surface area contributed by atoms with E-state index in [1.54, 1.807) is 24.3 Å². The number of nitrogens with zero attached hydrogens (tertiary/aromatic N) is 1. The van der Waals surface area contributed by atoms with E-state index in [4.69, 9.17) is 44.1 Å². The van der Waals surface area contributed by atoms with Gasteiger partial charge in [-0.2, -0.15) is 0 Å². The smallest absolute Gasteiger partial charge is 0.261 e. The molecule has 2 fully saturated rings. The zero-order valence-corrected chi connectivity index (χ0v) is 24.4. The number of hydrogen-bond acceptors (Lipinski definition) is 6. The minimum Gasteiger partial charge on any atom is -0.461 e. The summed E-state index contributed by atoms with van der Waals surface area (Å²) in [5.41, 5.74) is 4.10. The lowest BCUT2D eigenvalue weighted by atomic mass is 10.0. The van der Waals surface area contributed by atoms with Crippen molar-refractivity contribution in [3.63, 3.8) is 0 Å². The minimum absolute atomic E-state index is 0.107. The molecule has 4 aromatic rings. The highest BCUT2D eigenvalue weighted by molar-refractivity contribution is 7.97. The number of halogens is 3. The van der Waals surface area contributed by atoms with Gasteiger partial charge in [0.1, 0.15) is 17.2 Å². The van der Waals surface area contributed by atoms with Crippen LogP contribution in [0.1, 0.15) is 76.1 Å². The van der Waals surface area contributed by atoms with Crippen LogP contribution >= 0.6 is 46.8 Å². The van der Waals surface area contributed by atoms with Gasteiger partial charge in [-0.1, -0.05) is 76.2 Å². The van der Waals surface area contributed by atoms with Crippen LogP contribution < -0.4 is 9.46 Å². The van der Waals surface area contributed by atoms with Crippen LogP contribution in [-0.2, 0) is 0 Å². The third kappa shape index (κ3) is 5.46. The van der Waals surface area contributed by atoms with Crippen molar-refractivity contribution in [3.05, 3.63) is 104 Å². The number of aliphatic hydroxyl groups excluding tert-OH is 1. The number of carbonyl (C=O) groups is 1. The topological polar surface area (TPSA) is 84.6 Å². The number of aromatic nitrogens is 1. The number of nitrogens with one attached hydrogen (secondary N) is 1. The van der Waals surface area contributed by atoms with Crippen molar-refractivity contribution in [2.24, 2.45) is 0 Å². The minimum atomic E-state index is -1.36. The summed E-state index contributed by atoms with van der Waals surface area (Å²) >= 11 is 20.9. The highest BCUT2D eigenvalue weighted by Gasteiger charge is 2.41. The molecule has 2 aliphatic rings. The Morgan fingerprint density at radius 1 is 1.05 bits per heavy atom. The number of hydrogen-bond donors (Lipinski definition) is 2. The molecular weight excluding hydrogens is 591 g/mol. The highest BCUT2D eigenvalue weighted by Crippen LogP contribution is 2.56. The quantitative estimate of drug-likeness (QED) is 0.145. The standard InChI is InChI=1S/C30H25Cl3N2O4S/c1-40-35-29(36)17-9-5-15(6-10-17)20-14-21(20)19-12-11-18(13-24(19)33)38-30(37)26-27(34-39-28(26)16-7-8-16)25-22(31)3-2-4-23(25)32/h2-6,9-13,16,20-21,30,37H,7-8,14H2,1H3,(H,35,36). The summed E-state index contributed by atoms with van der Waals surface area (Å²) in [6.45, 7) is 0. The fourth-order valence-electron chi connectivity index (χ4n) is 5.10. The molecule has 0 spiro atoms. The Morgan fingerprint density at radius 2 is 1.77 bits per heavy atom. The Balaban J connectivity index is 1.20. The summed E-state index contributed by atoms with van der Waals surface area (Å²) in [5, 5.41) is 16.8. The van der Waals surface area contributed by atoms with Gasteiger partial charge in [0.15, 0.2) is 0 Å². The molecule has 2 saturated carbocycles. The first-order valence-corrected chi connectivity index (χ1v) is 15.2. The van der Waals surface area contributed by atoms with E-state index in [2.05, 4.69) is 9.88 Å². The molecule has 3 unspecified atom stereocenters.